The Balaban J connectivity index is 1.92. The number of aromatic hydroxyl groups is 1. The van der Waals surface area contributed by atoms with Crippen molar-refractivity contribution in [1.29, 1.82) is 0 Å². The average molecular weight is 327 g/mol. The van der Waals surface area contributed by atoms with Gasteiger partial charge in [0.15, 0.2) is 0 Å². The first-order chi connectivity index (χ1) is 10.5. The van der Waals surface area contributed by atoms with Gasteiger partial charge in [-0.2, -0.15) is 0 Å². The lowest BCUT2D eigenvalue weighted by Crippen LogP contribution is -2.45. The number of aliphatic hydroxyl groups excluding tert-OH is 1. The van der Waals surface area contributed by atoms with Gasteiger partial charge in [-0.1, -0.05) is 11.6 Å². The van der Waals surface area contributed by atoms with Gasteiger partial charge in [-0.05, 0) is 44.5 Å². The summed E-state index contributed by atoms with van der Waals surface area (Å²) in [7, 11) is 2.06. The van der Waals surface area contributed by atoms with Crippen molar-refractivity contribution in [1.82, 2.24) is 9.80 Å². The molecule has 22 heavy (non-hydrogen) atoms. The molecule has 0 aliphatic carbocycles. The second kappa shape index (κ2) is 7.81. The smallest absolute Gasteiger partial charge is 0.257 e. The number of aliphatic hydroxyl groups is 1. The first-order valence-corrected chi connectivity index (χ1v) is 7.99. The highest BCUT2D eigenvalue weighted by Crippen LogP contribution is 2.25. The highest BCUT2D eigenvalue weighted by Gasteiger charge is 2.26. The van der Waals surface area contributed by atoms with Gasteiger partial charge in [0, 0.05) is 37.3 Å². The molecule has 0 saturated carbocycles. The molecule has 2 N–H and O–H groups in total. The number of halogens is 1. The maximum Gasteiger partial charge on any atom is 0.257 e. The number of phenols is 1. The zero-order chi connectivity index (χ0) is 16.1. The molecule has 1 aromatic rings. The van der Waals surface area contributed by atoms with Crippen molar-refractivity contribution in [3.63, 3.8) is 0 Å². The lowest BCUT2D eigenvalue weighted by atomic mass is 10.0. The Morgan fingerprint density at radius 3 is 2.68 bits per heavy atom. The number of phenolic OH excluding ortho intramolecular Hbond substituents is 1. The quantitative estimate of drug-likeness (QED) is 0.868. The molecule has 1 aliphatic heterocycles. The number of hydrogen-bond acceptors (Lipinski definition) is 4. The van der Waals surface area contributed by atoms with E-state index in [4.69, 9.17) is 16.7 Å². The van der Waals surface area contributed by atoms with E-state index in [-0.39, 0.29) is 18.3 Å². The zero-order valence-electron chi connectivity index (χ0n) is 12.8. The van der Waals surface area contributed by atoms with Crippen LogP contribution in [0.1, 0.15) is 29.6 Å². The number of carbonyl (C=O) groups excluding carboxylic acids is 1. The minimum absolute atomic E-state index is 0.0697. The third kappa shape index (κ3) is 4.12. The molecule has 5 nitrogen and oxygen atoms in total. The minimum Gasteiger partial charge on any atom is -0.507 e. The molecule has 122 valence electrons. The Morgan fingerprint density at radius 1 is 1.41 bits per heavy atom. The molecule has 0 aromatic heterocycles. The summed E-state index contributed by atoms with van der Waals surface area (Å²) in [5.74, 6) is -0.217. The van der Waals surface area contributed by atoms with Crippen molar-refractivity contribution in [2.75, 3.05) is 33.3 Å². The van der Waals surface area contributed by atoms with E-state index in [9.17, 15) is 9.90 Å². The van der Waals surface area contributed by atoms with Gasteiger partial charge in [0.2, 0.25) is 0 Å². The topological polar surface area (TPSA) is 64.0 Å². The summed E-state index contributed by atoms with van der Waals surface area (Å²) in [4.78, 5) is 16.5. The van der Waals surface area contributed by atoms with Crippen LogP contribution in [0.2, 0.25) is 5.02 Å². The Morgan fingerprint density at radius 2 is 2.09 bits per heavy atom. The fourth-order valence-electron chi connectivity index (χ4n) is 2.87. The fourth-order valence-corrected chi connectivity index (χ4v) is 3.03. The number of carbonyl (C=O) groups is 1. The third-order valence-electron chi connectivity index (χ3n) is 4.23. The fraction of sp³-hybridized carbons (Fsp3) is 0.562. The Bertz CT molecular complexity index is 516. The molecule has 1 heterocycles. The number of piperidine rings is 1. The molecule has 6 heteroatoms. The minimum atomic E-state index is -0.148. The Labute approximate surface area is 136 Å². The number of nitrogens with zero attached hydrogens (tertiary/aromatic N) is 2. The summed E-state index contributed by atoms with van der Waals surface area (Å²) in [5, 5.41) is 19.2. The predicted molar refractivity (Wildman–Crippen MR) is 86.4 cm³/mol. The van der Waals surface area contributed by atoms with Gasteiger partial charge < -0.3 is 20.0 Å². The monoisotopic (exact) mass is 326 g/mol. The van der Waals surface area contributed by atoms with Crippen LogP contribution in [0.3, 0.4) is 0 Å². The van der Waals surface area contributed by atoms with Crippen LogP contribution in [0.15, 0.2) is 18.2 Å². The SMILES string of the molecule is CN(CCCO)C1CCN(C(=O)c2ccc(Cl)cc2O)CC1. The highest BCUT2D eigenvalue weighted by atomic mass is 35.5. The van der Waals surface area contributed by atoms with E-state index in [1.165, 1.54) is 6.07 Å². The van der Waals surface area contributed by atoms with E-state index in [2.05, 4.69) is 11.9 Å². The molecule has 0 atom stereocenters. The van der Waals surface area contributed by atoms with Crippen LogP contribution in [0.25, 0.3) is 0 Å². The number of rotatable bonds is 5. The van der Waals surface area contributed by atoms with Crippen molar-refractivity contribution in [2.24, 2.45) is 0 Å². The summed E-state index contributed by atoms with van der Waals surface area (Å²) >= 11 is 5.79. The first-order valence-electron chi connectivity index (χ1n) is 7.62. The maximum absolute atomic E-state index is 12.5. The predicted octanol–water partition coefficient (Wildman–Crippen LogP) is 1.96. The Hall–Kier alpha value is -1.30. The molecular weight excluding hydrogens is 304 g/mol. The summed E-state index contributed by atoms with van der Waals surface area (Å²) in [5.41, 5.74) is 0.302. The standard InChI is InChI=1S/C16H23ClN2O3/c1-18(7-2-10-20)13-5-8-19(9-6-13)16(22)14-4-3-12(17)11-15(14)21/h3-4,11,13,20-21H,2,5-10H2,1H3. The van der Waals surface area contributed by atoms with Crippen LogP contribution >= 0.6 is 11.6 Å². The molecule has 0 spiro atoms. The molecule has 1 fully saturated rings. The molecule has 1 saturated heterocycles. The number of benzene rings is 1. The Kier molecular flexibility index (Phi) is 6.06. The van der Waals surface area contributed by atoms with Crippen molar-refractivity contribution in [2.45, 2.75) is 25.3 Å². The van der Waals surface area contributed by atoms with Gasteiger partial charge in [0.05, 0.1) is 5.56 Å². The first kappa shape index (κ1) is 17.1. The number of likely N-dealkylation sites (tertiary alicyclic amines) is 1. The molecule has 2 rings (SSSR count). The largest absolute Gasteiger partial charge is 0.507 e. The van der Waals surface area contributed by atoms with Crippen LogP contribution in [-0.4, -0.2) is 65.3 Å². The lowest BCUT2D eigenvalue weighted by molar-refractivity contribution is 0.0638. The second-order valence-electron chi connectivity index (χ2n) is 5.74. The van der Waals surface area contributed by atoms with Crippen LogP contribution in [0, 0.1) is 0 Å². The van der Waals surface area contributed by atoms with Crippen LogP contribution < -0.4 is 0 Å². The van der Waals surface area contributed by atoms with Crippen molar-refractivity contribution in [3.05, 3.63) is 28.8 Å². The van der Waals surface area contributed by atoms with Gasteiger partial charge in [-0.15, -0.1) is 0 Å². The second-order valence-corrected chi connectivity index (χ2v) is 6.18. The van der Waals surface area contributed by atoms with Crippen LogP contribution in [0.5, 0.6) is 5.75 Å². The van der Waals surface area contributed by atoms with Gasteiger partial charge in [0.25, 0.3) is 5.91 Å². The molecule has 1 aliphatic rings. The third-order valence-corrected chi connectivity index (χ3v) is 4.47. The lowest BCUT2D eigenvalue weighted by Gasteiger charge is -2.36. The number of hydrogen-bond donors (Lipinski definition) is 2. The van der Waals surface area contributed by atoms with Crippen molar-refractivity contribution >= 4 is 17.5 Å². The molecule has 0 bridgehead atoms. The van der Waals surface area contributed by atoms with E-state index in [1.54, 1.807) is 17.0 Å². The molecule has 0 unspecified atom stereocenters. The van der Waals surface area contributed by atoms with E-state index in [0.29, 0.717) is 29.7 Å². The maximum atomic E-state index is 12.5. The van der Waals surface area contributed by atoms with Gasteiger partial charge in [0.1, 0.15) is 5.75 Å². The summed E-state index contributed by atoms with van der Waals surface area (Å²) in [6, 6.07) is 5.02. The molecule has 0 radical (unpaired) electrons. The van der Waals surface area contributed by atoms with Gasteiger partial charge in [-0.25, -0.2) is 0 Å². The average Bonchev–Trinajstić information content (AvgIpc) is 2.52. The van der Waals surface area contributed by atoms with Gasteiger partial charge in [-0.3, -0.25) is 4.79 Å². The normalized spacial score (nSPS) is 16.3. The van der Waals surface area contributed by atoms with Crippen LogP contribution in [0.4, 0.5) is 0 Å². The summed E-state index contributed by atoms with van der Waals surface area (Å²) < 4.78 is 0. The zero-order valence-corrected chi connectivity index (χ0v) is 13.6. The van der Waals surface area contributed by atoms with Crippen molar-refractivity contribution < 1.29 is 15.0 Å². The molecule has 1 amide bonds. The molecule has 1 aromatic carbocycles. The van der Waals surface area contributed by atoms with Crippen molar-refractivity contribution in [3.8, 4) is 5.75 Å². The van der Waals surface area contributed by atoms with Crippen LogP contribution in [-0.2, 0) is 0 Å². The van der Waals surface area contributed by atoms with E-state index in [0.717, 1.165) is 25.8 Å². The molecular formula is C16H23ClN2O3. The van der Waals surface area contributed by atoms with E-state index >= 15 is 0 Å². The number of amides is 1. The highest BCUT2D eigenvalue weighted by molar-refractivity contribution is 6.30. The summed E-state index contributed by atoms with van der Waals surface area (Å²) in [6.07, 6.45) is 2.58. The van der Waals surface area contributed by atoms with E-state index < -0.39 is 0 Å². The summed E-state index contributed by atoms with van der Waals surface area (Å²) in [6.45, 7) is 2.43. The van der Waals surface area contributed by atoms with E-state index in [1.807, 2.05) is 0 Å². The van der Waals surface area contributed by atoms with Gasteiger partial charge >= 0.3 is 0 Å².